The highest BCUT2D eigenvalue weighted by Crippen LogP contribution is 2.30. The Labute approximate surface area is 161 Å². The number of benzene rings is 2. The average Bonchev–Trinajstić information content (AvgIpc) is 2.99. The van der Waals surface area contributed by atoms with Crippen molar-refractivity contribution in [3.05, 3.63) is 65.6 Å². The molecule has 1 aromatic heterocycles. The second kappa shape index (κ2) is 6.92. The van der Waals surface area contributed by atoms with Crippen molar-refractivity contribution in [2.75, 3.05) is 20.1 Å². The molecule has 1 fully saturated rings. The number of carbonyl (C=O) groups is 2. The number of nitrogens with zero attached hydrogens (tertiary/aromatic N) is 3. The zero-order chi connectivity index (χ0) is 19.8. The Morgan fingerprint density at radius 2 is 1.89 bits per heavy atom. The summed E-state index contributed by atoms with van der Waals surface area (Å²) in [6.45, 7) is 1.83. The molecule has 2 aromatic carbocycles. The van der Waals surface area contributed by atoms with Gasteiger partial charge in [0.25, 0.3) is 5.91 Å². The van der Waals surface area contributed by atoms with Gasteiger partial charge in [-0.05, 0) is 41.0 Å². The van der Waals surface area contributed by atoms with Crippen LogP contribution in [-0.2, 0) is 6.54 Å². The van der Waals surface area contributed by atoms with Crippen LogP contribution in [0.2, 0.25) is 0 Å². The number of nitrogens with two attached hydrogens (primary N) is 1. The molecule has 6 nitrogen and oxygen atoms in total. The third-order valence-electron chi connectivity index (χ3n) is 4.96. The summed E-state index contributed by atoms with van der Waals surface area (Å²) in [6.07, 6.45) is 0. The van der Waals surface area contributed by atoms with Gasteiger partial charge in [-0.2, -0.15) is 0 Å². The third kappa shape index (κ3) is 3.26. The number of halogens is 1. The van der Waals surface area contributed by atoms with E-state index in [1.807, 2.05) is 18.2 Å². The quantitative estimate of drug-likeness (QED) is 0.758. The van der Waals surface area contributed by atoms with Crippen LogP contribution < -0.4 is 5.73 Å². The monoisotopic (exact) mass is 378 g/mol. The minimum Gasteiger partial charge on any atom is -0.364 e. The maximum atomic E-state index is 13.3. The van der Waals surface area contributed by atoms with E-state index in [-0.39, 0.29) is 17.5 Å². The predicted octanol–water partition coefficient (Wildman–Crippen LogP) is 3.01. The Morgan fingerprint density at radius 1 is 1.14 bits per heavy atom. The van der Waals surface area contributed by atoms with E-state index in [0.717, 1.165) is 22.1 Å². The second-order valence-corrected chi connectivity index (χ2v) is 6.90. The third-order valence-corrected chi connectivity index (χ3v) is 4.96. The van der Waals surface area contributed by atoms with Crippen molar-refractivity contribution >= 4 is 22.8 Å². The van der Waals surface area contributed by atoms with Crippen LogP contribution in [0.1, 0.15) is 16.1 Å². The molecule has 0 aliphatic carbocycles. The summed E-state index contributed by atoms with van der Waals surface area (Å²) in [5, 5.41) is 0.824. The standard InChI is InChI=1S/C21H19FN4O2/c1-25-8-9-26(21(25)28)12-13-2-7-16-17(14-3-5-15(22)6-4-14)11-19(20(23)27)24-18(16)10-13/h2-7,10-11H,8-9,12H2,1H3,(H2,23,27). The number of amides is 3. The van der Waals surface area contributed by atoms with Crippen LogP contribution in [0.15, 0.2) is 48.5 Å². The first kappa shape index (κ1) is 17.9. The largest absolute Gasteiger partial charge is 0.364 e. The van der Waals surface area contributed by atoms with Crippen LogP contribution in [0.25, 0.3) is 22.0 Å². The molecule has 2 heterocycles. The molecular weight excluding hydrogens is 359 g/mol. The smallest absolute Gasteiger partial charge is 0.320 e. The lowest BCUT2D eigenvalue weighted by Crippen LogP contribution is -2.28. The summed E-state index contributed by atoms with van der Waals surface area (Å²) in [5.41, 5.74) is 8.63. The highest BCUT2D eigenvalue weighted by molar-refractivity contribution is 6.01. The number of hydrogen-bond acceptors (Lipinski definition) is 3. The maximum Gasteiger partial charge on any atom is 0.320 e. The Hall–Kier alpha value is -3.48. The van der Waals surface area contributed by atoms with Crippen molar-refractivity contribution in [3.63, 3.8) is 0 Å². The van der Waals surface area contributed by atoms with Crippen LogP contribution >= 0.6 is 0 Å². The van der Waals surface area contributed by atoms with E-state index < -0.39 is 5.91 Å². The van der Waals surface area contributed by atoms with Gasteiger partial charge in [0.05, 0.1) is 5.52 Å². The first-order valence-electron chi connectivity index (χ1n) is 8.92. The summed E-state index contributed by atoms with van der Waals surface area (Å²) in [4.78, 5) is 31.7. The zero-order valence-corrected chi connectivity index (χ0v) is 15.4. The van der Waals surface area contributed by atoms with E-state index in [1.54, 1.807) is 35.0 Å². The maximum absolute atomic E-state index is 13.3. The number of rotatable bonds is 4. The molecule has 142 valence electrons. The number of likely N-dealkylation sites (N-methyl/N-ethyl adjacent to an activating group) is 1. The van der Waals surface area contributed by atoms with Gasteiger partial charge in [0.1, 0.15) is 11.5 Å². The van der Waals surface area contributed by atoms with Gasteiger partial charge in [-0.1, -0.05) is 24.3 Å². The summed E-state index contributed by atoms with van der Waals surface area (Å²) >= 11 is 0. The molecule has 3 amide bonds. The number of primary amides is 1. The molecule has 0 radical (unpaired) electrons. The highest BCUT2D eigenvalue weighted by atomic mass is 19.1. The normalized spacial score (nSPS) is 14.1. The number of urea groups is 1. The van der Waals surface area contributed by atoms with Gasteiger partial charge in [0.2, 0.25) is 0 Å². The Bertz CT molecular complexity index is 1080. The predicted molar refractivity (Wildman–Crippen MR) is 104 cm³/mol. The molecular formula is C21H19FN4O2. The molecule has 1 saturated heterocycles. The van der Waals surface area contributed by atoms with E-state index in [0.29, 0.717) is 25.2 Å². The van der Waals surface area contributed by atoms with Gasteiger partial charge in [-0.25, -0.2) is 14.2 Å². The first-order chi connectivity index (χ1) is 13.4. The van der Waals surface area contributed by atoms with Crippen molar-refractivity contribution in [1.82, 2.24) is 14.8 Å². The van der Waals surface area contributed by atoms with Crippen LogP contribution in [0.4, 0.5) is 9.18 Å². The molecule has 3 aromatic rings. The van der Waals surface area contributed by atoms with Gasteiger partial charge < -0.3 is 15.5 Å². The molecule has 7 heteroatoms. The topological polar surface area (TPSA) is 79.5 Å². The van der Waals surface area contributed by atoms with E-state index in [9.17, 15) is 14.0 Å². The van der Waals surface area contributed by atoms with E-state index in [1.165, 1.54) is 12.1 Å². The van der Waals surface area contributed by atoms with Gasteiger partial charge in [-0.15, -0.1) is 0 Å². The molecule has 1 aliphatic heterocycles. The molecule has 4 rings (SSSR count). The molecule has 0 spiro atoms. The number of carbonyl (C=O) groups excluding carboxylic acids is 2. The molecule has 2 N–H and O–H groups in total. The van der Waals surface area contributed by atoms with E-state index in [4.69, 9.17) is 5.73 Å². The van der Waals surface area contributed by atoms with Gasteiger partial charge in [0, 0.05) is 32.1 Å². The van der Waals surface area contributed by atoms with Crippen LogP contribution in [0.3, 0.4) is 0 Å². The summed E-state index contributed by atoms with van der Waals surface area (Å²) in [5.74, 6) is -0.966. The lowest BCUT2D eigenvalue weighted by atomic mass is 9.98. The number of fused-ring (bicyclic) bond motifs is 1. The van der Waals surface area contributed by atoms with Gasteiger partial charge >= 0.3 is 6.03 Å². The van der Waals surface area contributed by atoms with Crippen molar-refractivity contribution < 1.29 is 14.0 Å². The summed E-state index contributed by atoms with van der Waals surface area (Å²) in [6, 6.07) is 13.4. The van der Waals surface area contributed by atoms with Crippen molar-refractivity contribution in [2.45, 2.75) is 6.54 Å². The fraction of sp³-hybridized carbons (Fsp3) is 0.190. The molecule has 0 bridgehead atoms. The number of pyridine rings is 1. The summed E-state index contributed by atoms with van der Waals surface area (Å²) in [7, 11) is 1.78. The number of hydrogen-bond donors (Lipinski definition) is 1. The zero-order valence-electron chi connectivity index (χ0n) is 15.4. The highest BCUT2D eigenvalue weighted by Gasteiger charge is 2.25. The van der Waals surface area contributed by atoms with Gasteiger partial charge in [0.15, 0.2) is 0 Å². The first-order valence-corrected chi connectivity index (χ1v) is 8.92. The molecule has 0 unspecified atom stereocenters. The van der Waals surface area contributed by atoms with Crippen molar-refractivity contribution in [3.8, 4) is 11.1 Å². The fourth-order valence-electron chi connectivity index (χ4n) is 3.44. The lowest BCUT2D eigenvalue weighted by Gasteiger charge is -2.17. The van der Waals surface area contributed by atoms with Gasteiger partial charge in [-0.3, -0.25) is 4.79 Å². The molecule has 0 atom stereocenters. The Kier molecular flexibility index (Phi) is 4.43. The fourth-order valence-corrected chi connectivity index (χ4v) is 3.44. The molecule has 0 saturated carbocycles. The number of aromatic nitrogens is 1. The SMILES string of the molecule is CN1CCN(Cc2ccc3c(-c4ccc(F)cc4)cc(C(N)=O)nc3c2)C1=O. The lowest BCUT2D eigenvalue weighted by molar-refractivity contribution is 0.0996. The van der Waals surface area contributed by atoms with Crippen LogP contribution in [-0.4, -0.2) is 46.9 Å². The van der Waals surface area contributed by atoms with Crippen LogP contribution in [0, 0.1) is 5.82 Å². The second-order valence-electron chi connectivity index (χ2n) is 6.90. The summed E-state index contributed by atoms with van der Waals surface area (Å²) < 4.78 is 13.3. The molecule has 1 aliphatic rings. The van der Waals surface area contributed by atoms with Crippen molar-refractivity contribution in [1.29, 1.82) is 0 Å². The minimum atomic E-state index is -0.632. The minimum absolute atomic E-state index is 0.00839. The Balaban J connectivity index is 1.79. The average molecular weight is 378 g/mol. The molecule has 28 heavy (non-hydrogen) atoms. The van der Waals surface area contributed by atoms with E-state index in [2.05, 4.69) is 4.98 Å². The van der Waals surface area contributed by atoms with Crippen LogP contribution in [0.5, 0.6) is 0 Å². The van der Waals surface area contributed by atoms with E-state index >= 15 is 0 Å². The van der Waals surface area contributed by atoms with Crippen molar-refractivity contribution in [2.24, 2.45) is 5.73 Å². The Morgan fingerprint density at radius 3 is 2.54 bits per heavy atom.